The summed E-state index contributed by atoms with van der Waals surface area (Å²) in [6, 6.07) is 17.5. The molecule has 0 amide bonds. The van der Waals surface area contributed by atoms with Gasteiger partial charge in [0.1, 0.15) is 17.9 Å². The van der Waals surface area contributed by atoms with Gasteiger partial charge in [-0.15, -0.1) is 0 Å². The van der Waals surface area contributed by atoms with Crippen LogP contribution in [0.5, 0.6) is 5.75 Å². The highest BCUT2D eigenvalue weighted by Crippen LogP contribution is 2.27. The van der Waals surface area contributed by atoms with Gasteiger partial charge in [0.25, 0.3) is 0 Å². The van der Waals surface area contributed by atoms with Crippen molar-refractivity contribution >= 4 is 17.0 Å². The standard InChI is InChI=1S/C17H15NO3/c1-20-17(19)18-11-10-14-8-5-9-15(16(14)18)21-12-13-6-3-2-4-7-13/h2-11H,12H2,1H3. The molecule has 4 heteroatoms. The number of hydrogen-bond acceptors (Lipinski definition) is 3. The van der Waals surface area contributed by atoms with Crippen LogP contribution in [0.1, 0.15) is 5.56 Å². The number of hydrogen-bond donors (Lipinski definition) is 0. The van der Waals surface area contributed by atoms with Crippen LogP contribution in [0, 0.1) is 0 Å². The highest BCUT2D eigenvalue weighted by atomic mass is 16.5. The molecule has 1 aromatic heterocycles. The average molecular weight is 281 g/mol. The Kier molecular flexibility index (Phi) is 3.60. The molecule has 1 heterocycles. The Morgan fingerprint density at radius 2 is 1.86 bits per heavy atom. The van der Waals surface area contributed by atoms with E-state index < -0.39 is 6.09 Å². The number of para-hydroxylation sites is 1. The third kappa shape index (κ3) is 2.60. The molecule has 0 spiro atoms. The van der Waals surface area contributed by atoms with Crippen LogP contribution in [0.3, 0.4) is 0 Å². The second-order valence-corrected chi connectivity index (χ2v) is 4.62. The number of aromatic nitrogens is 1. The molecule has 0 bridgehead atoms. The van der Waals surface area contributed by atoms with Crippen molar-refractivity contribution in [3.05, 3.63) is 66.4 Å². The summed E-state index contributed by atoms with van der Waals surface area (Å²) >= 11 is 0. The molecule has 0 N–H and O–H groups in total. The van der Waals surface area contributed by atoms with Crippen molar-refractivity contribution in [1.29, 1.82) is 0 Å². The van der Waals surface area contributed by atoms with Gasteiger partial charge in [0.2, 0.25) is 0 Å². The van der Waals surface area contributed by atoms with E-state index in [1.165, 1.54) is 11.7 Å². The van der Waals surface area contributed by atoms with Crippen molar-refractivity contribution in [2.45, 2.75) is 6.61 Å². The van der Waals surface area contributed by atoms with E-state index in [0.29, 0.717) is 12.4 Å². The predicted octanol–water partition coefficient (Wildman–Crippen LogP) is 3.83. The van der Waals surface area contributed by atoms with Crippen molar-refractivity contribution in [2.24, 2.45) is 0 Å². The van der Waals surface area contributed by atoms with Gasteiger partial charge in [0, 0.05) is 11.6 Å². The molecule has 0 fully saturated rings. The Morgan fingerprint density at radius 3 is 2.62 bits per heavy atom. The largest absolute Gasteiger partial charge is 0.487 e. The van der Waals surface area contributed by atoms with Crippen LogP contribution in [0.15, 0.2) is 60.8 Å². The molecule has 0 saturated heterocycles. The van der Waals surface area contributed by atoms with Crippen molar-refractivity contribution in [3.8, 4) is 5.75 Å². The van der Waals surface area contributed by atoms with E-state index in [1.54, 1.807) is 6.20 Å². The Balaban J connectivity index is 1.94. The average Bonchev–Trinajstić information content (AvgIpc) is 2.98. The maximum Gasteiger partial charge on any atom is 0.418 e. The van der Waals surface area contributed by atoms with Gasteiger partial charge < -0.3 is 9.47 Å². The van der Waals surface area contributed by atoms with Crippen LogP contribution in [0.25, 0.3) is 10.9 Å². The second kappa shape index (κ2) is 5.71. The molecule has 0 aliphatic rings. The molecule has 4 nitrogen and oxygen atoms in total. The zero-order valence-electron chi connectivity index (χ0n) is 11.7. The van der Waals surface area contributed by atoms with Crippen LogP contribution in [-0.4, -0.2) is 17.8 Å². The lowest BCUT2D eigenvalue weighted by Gasteiger charge is -2.10. The van der Waals surface area contributed by atoms with E-state index in [0.717, 1.165) is 16.5 Å². The molecule has 0 radical (unpaired) electrons. The van der Waals surface area contributed by atoms with Gasteiger partial charge in [-0.1, -0.05) is 42.5 Å². The molecule has 0 atom stereocenters. The summed E-state index contributed by atoms with van der Waals surface area (Å²) in [4.78, 5) is 11.8. The van der Waals surface area contributed by atoms with E-state index >= 15 is 0 Å². The molecule has 0 saturated carbocycles. The summed E-state index contributed by atoms with van der Waals surface area (Å²) in [7, 11) is 1.36. The lowest BCUT2D eigenvalue weighted by molar-refractivity contribution is 0.173. The molecule has 106 valence electrons. The normalized spacial score (nSPS) is 10.5. The van der Waals surface area contributed by atoms with Crippen LogP contribution in [-0.2, 0) is 11.3 Å². The number of carbonyl (C=O) groups excluding carboxylic acids is 1. The Labute approximate surface area is 122 Å². The third-order valence-corrected chi connectivity index (χ3v) is 3.28. The number of ether oxygens (including phenoxy) is 2. The number of rotatable bonds is 3. The number of nitrogens with zero attached hydrogens (tertiary/aromatic N) is 1. The molecule has 3 rings (SSSR count). The molecular weight excluding hydrogens is 266 g/mol. The molecule has 0 aliphatic heterocycles. The van der Waals surface area contributed by atoms with Crippen LogP contribution in [0.2, 0.25) is 0 Å². The van der Waals surface area contributed by atoms with Gasteiger partial charge in [-0.3, -0.25) is 0 Å². The van der Waals surface area contributed by atoms with E-state index in [1.807, 2.05) is 54.6 Å². The van der Waals surface area contributed by atoms with Crippen LogP contribution >= 0.6 is 0 Å². The maximum absolute atomic E-state index is 11.8. The smallest absolute Gasteiger partial charge is 0.418 e. The summed E-state index contributed by atoms with van der Waals surface area (Å²) in [5, 5.41) is 0.936. The predicted molar refractivity (Wildman–Crippen MR) is 80.5 cm³/mol. The highest BCUT2D eigenvalue weighted by molar-refractivity contribution is 5.93. The zero-order valence-corrected chi connectivity index (χ0v) is 11.7. The summed E-state index contributed by atoms with van der Waals surface area (Å²) in [6.07, 6.45) is 1.26. The van der Waals surface area contributed by atoms with E-state index in [9.17, 15) is 4.79 Å². The lowest BCUT2D eigenvalue weighted by Crippen LogP contribution is -2.10. The SMILES string of the molecule is COC(=O)n1ccc2cccc(OCc3ccccc3)c21. The fourth-order valence-corrected chi connectivity index (χ4v) is 2.26. The number of carbonyl (C=O) groups is 1. The first-order valence-corrected chi connectivity index (χ1v) is 6.64. The second-order valence-electron chi connectivity index (χ2n) is 4.62. The lowest BCUT2D eigenvalue weighted by atomic mass is 10.2. The summed E-state index contributed by atoms with van der Waals surface area (Å²) in [5.74, 6) is 0.659. The van der Waals surface area contributed by atoms with Gasteiger partial charge >= 0.3 is 6.09 Å². The van der Waals surface area contributed by atoms with Gasteiger partial charge in [0.05, 0.1) is 7.11 Å². The molecule has 0 unspecified atom stereocenters. The quantitative estimate of drug-likeness (QED) is 0.732. The zero-order chi connectivity index (χ0) is 14.7. The van der Waals surface area contributed by atoms with Gasteiger partial charge in [-0.2, -0.15) is 0 Å². The van der Waals surface area contributed by atoms with Gasteiger partial charge in [0.15, 0.2) is 0 Å². The summed E-state index contributed by atoms with van der Waals surface area (Å²) in [5.41, 5.74) is 1.80. The first-order chi connectivity index (χ1) is 10.3. The fraction of sp³-hybridized carbons (Fsp3) is 0.118. The molecule has 21 heavy (non-hydrogen) atoms. The molecule has 2 aromatic carbocycles. The minimum atomic E-state index is -0.430. The first kappa shape index (κ1) is 13.2. The van der Waals surface area contributed by atoms with Gasteiger partial charge in [-0.05, 0) is 17.7 Å². The van der Waals surface area contributed by atoms with Crippen molar-refractivity contribution in [1.82, 2.24) is 4.57 Å². The van der Waals surface area contributed by atoms with Crippen molar-refractivity contribution in [3.63, 3.8) is 0 Å². The number of fused-ring (bicyclic) bond motifs is 1. The molecular formula is C17H15NO3. The minimum Gasteiger partial charge on any atom is -0.487 e. The number of methoxy groups -OCH3 is 1. The third-order valence-electron chi connectivity index (χ3n) is 3.28. The minimum absolute atomic E-state index is 0.430. The fourth-order valence-electron chi connectivity index (χ4n) is 2.26. The van der Waals surface area contributed by atoms with Gasteiger partial charge in [-0.25, -0.2) is 9.36 Å². The Hall–Kier alpha value is -2.75. The van der Waals surface area contributed by atoms with Crippen LogP contribution < -0.4 is 4.74 Å². The Bertz CT molecular complexity index is 762. The first-order valence-electron chi connectivity index (χ1n) is 6.64. The maximum atomic E-state index is 11.8. The Morgan fingerprint density at radius 1 is 1.05 bits per heavy atom. The topological polar surface area (TPSA) is 40.5 Å². The summed E-state index contributed by atoms with van der Waals surface area (Å²) in [6.45, 7) is 0.451. The number of benzene rings is 2. The molecule has 0 aliphatic carbocycles. The van der Waals surface area contributed by atoms with Crippen molar-refractivity contribution in [2.75, 3.05) is 7.11 Å². The van der Waals surface area contributed by atoms with E-state index in [2.05, 4.69) is 0 Å². The highest BCUT2D eigenvalue weighted by Gasteiger charge is 2.13. The molecule has 3 aromatic rings. The summed E-state index contributed by atoms with van der Waals surface area (Å²) < 4.78 is 12.1. The van der Waals surface area contributed by atoms with Crippen molar-refractivity contribution < 1.29 is 14.3 Å². The van der Waals surface area contributed by atoms with E-state index in [-0.39, 0.29) is 0 Å². The monoisotopic (exact) mass is 281 g/mol. The van der Waals surface area contributed by atoms with E-state index in [4.69, 9.17) is 9.47 Å². The van der Waals surface area contributed by atoms with Crippen LogP contribution in [0.4, 0.5) is 4.79 Å².